The molecule has 0 aromatic carbocycles. The minimum atomic E-state index is -0.833. The van der Waals surface area contributed by atoms with Crippen LogP contribution in [-0.2, 0) is 19.2 Å². The fraction of sp³-hybridized carbons (Fsp3) is 0.714. The zero-order valence-electron chi connectivity index (χ0n) is 14.6. The quantitative estimate of drug-likeness (QED) is 0.239. The molecule has 11 heteroatoms. The standard InChI is InChI=1S/C6H14N2.4C2H4O2.Ca.2H/c7-6(8)4-2-1-3-5-6;4*1-2(3)4;;;/h1-5,7-8H2;4*1H3,(H,3,4);;;. The van der Waals surface area contributed by atoms with Crippen LogP contribution in [0.4, 0.5) is 0 Å². The van der Waals surface area contributed by atoms with Gasteiger partial charge in [0.2, 0.25) is 0 Å². The van der Waals surface area contributed by atoms with Gasteiger partial charge in [-0.15, -0.1) is 0 Å². The van der Waals surface area contributed by atoms with E-state index in [1.807, 2.05) is 0 Å². The van der Waals surface area contributed by atoms with E-state index in [0.717, 1.165) is 40.5 Å². The number of rotatable bonds is 0. The van der Waals surface area contributed by atoms with Crippen LogP contribution in [0.15, 0.2) is 0 Å². The van der Waals surface area contributed by atoms with E-state index in [2.05, 4.69) is 0 Å². The third kappa shape index (κ3) is 125. The average molecular weight is 396 g/mol. The van der Waals surface area contributed by atoms with Gasteiger partial charge in [0.1, 0.15) is 0 Å². The molecule has 25 heavy (non-hydrogen) atoms. The second kappa shape index (κ2) is 23.1. The van der Waals surface area contributed by atoms with Crippen molar-refractivity contribution in [2.24, 2.45) is 11.5 Å². The molecule has 1 aliphatic rings. The first kappa shape index (κ1) is 35.2. The Bertz CT molecular complexity index is 304. The first-order chi connectivity index (χ1) is 10.6. The topological polar surface area (TPSA) is 201 Å². The molecule has 0 unspecified atom stereocenters. The van der Waals surface area contributed by atoms with E-state index in [4.69, 9.17) is 51.1 Å². The van der Waals surface area contributed by atoms with Crippen LogP contribution in [0.5, 0.6) is 0 Å². The molecule has 0 amide bonds. The van der Waals surface area contributed by atoms with Gasteiger partial charge in [0.05, 0.1) is 5.66 Å². The van der Waals surface area contributed by atoms with Crippen molar-refractivity contribution in [1.82, 2.24) is 0 Å². The maximum absolute atomic E-state index is 9.00. The molecule has 1 aliphatic carbocycles. The van der Waals surface area contributed by atoms with Crippen molar-refractivity contribution in [3.63, 3.8) is 0 Å². The molecule has 0 bridgehead atoms. The van der Waals surface area contributed by atoms with Crippen molar-refractivity contribution in [3.8, 4) is 0 Å². The number of hydrogen-bond acceptors (Lipinski definition) is 6. The van der Waals surface area contributed by atoms with E-state index in [0.29, 0.717) is 0 Å². The van der Waals surface area contributed by atoms with Gasteiger partial charge in [-0.1, -0.05) is 19.3 Å². The molecule has 1 rings (SSSR count). The fourth-order valence-electron chi connectivity index (χ4n) is 1.21. The first-order valence-corrected chi connectivity index (χ1v) is 7.00. The summed E-state index contributed by atoms with van der Waals surface area (Å²) in [5.74, 6) is -3.33. The molecule has 0 radical (unpaired) electrons. The number of carboxylic acids is 4. The van der Waals surface area contributed by atoms with E-state index in [-0.39, 0.29) is 43.4 Å². The van der Waals surface area contributed by atoms with Gasteiger partial charge in [-0.2, -0.15) is 0 Å². The van der Waals surface area contributed by atoms with Gasteiger partial charge in [0.15, 0.2) is 0 Å². The van der Waals surface area contributed by atoms with Gasteiger partial charge in [0.25, 0.3) is 23.9 Å². The number of aliphatic carboxylic acids is 4. The molecule has 1 fully saturated rings. The van der Waals surface area contributed by atoms with Crippen LogP contribution in [0.1, 0.15) is 59.8 Å². The predicted octanol–water partition coefficient (Wildman–Crippen LogP) is 0.0116. The van der Waals surface area contributed by atoms with E-state index < -0.39 is 23.9 Å². The summed E-state index contributed by atoms with van der Waals surface area (Å²) in [5, 5.41) is 29.7. The van der Waals surface area contributed by atoms with Gasteiger partial charge in [-0.25, -0.2) is 0 Å². The van der Waals surface area contributed by atoms with Crippen molar-refractivity contribution < 1.29 is 39.6 Å². The van der Waals surface area contributed by atoms with Crippen LogP contribution in [0.3, 0.4) is 0 Å². The number of carbonyl (C=O) groups is 4. The number of carboxylic acid groups (broad SMARTS) is 4. The number of hydrogen-bond donors (Lipinski definition) is 6. The van der Waals surface area contributed by atoms with Crippen molar-refractivity contribution in [2.75, 3.05) is 0 Å². The summed E-state index contributed by atoms with van der Waals surface area (Å²) in [6.45, 7) is 4.33. The third-order valence-electron chi connectivity index (χ3n) is 1.78. The Labute approximate surface area is 177 Å². The fourth-order valence-corrected chi connectivity index (χ4v) is 1.21. The summed E-state index contributed by atoms with van der Waals surface area (Å²) < 4.78 is 0. The Morgan fingerprint density at radius 1 is 0.640 bits per heavy atom. The summed E-state index contributed by atoms with van der Waals surface area (Å²) in [7, 11) is 0. The summed E-state index contributed by atoms with van der Waals surface area (Å²) in [6.07, 6.45) is 5.76. The molecule has 0 atom stereocenters. The molecule has 0 heterocycles. The zero-order chi connectivity index (χ0) is 20.3. The SMILES string of the molecule is CC(=O)O.CC(=O)O.CC(=O)O.CC(=O)O.NC1(N)CCCCC1.[CaH2]. The van der Waals surface area contributed by atoms with E-state index >= 15 is 0 Å². The van der Waals surface area contributed by atoms with Gasteiger partial charge in [0, 0.05) is 27.7 Å². The van der Waals surface area contributed by atoms with Crippen LogP contribution in [0, 0.1) is 0 Å². The predicted molar refractivity (Wildman–Crippen MR) is 96.0 cm³/mol. The van der Waals surface area contributed by atoms with Crippen LogP contribution in [-0.4, -0.2) is 87.7 Å². The molecule has 10 nitrogen and oxygen atoms in total. The Hall–Kier alpha value is -0.940. The summed E-state index contributed by atoms with van der Waals surface area (Å²) in [6, 6.07) is 0. The monoisotopic (exact) mass is 396 g/mol. The molecular formula is C14H32CaN2O8. The van der Waals surface area contributed by atoms with Gasteiger partial charge in [-0.05, 0) is 12.8 Å². The zero-order valence-corrected chi connectivity index (χ0v) is 14.6. The maximum atomic E-state index is 9.00. The molecule has 8 N–H and O–H groups in total. The summed E-state index contributed by atoms with van der Waals surface area (Å²) in [5.41, 5.74) is 11.0. The van der Waals surface area contributed by atoms with Crippen molar-refractivity contribution in [2.45, 2.75) is 65.5 Å². The van der Waals surface area contributed by atoms with Crippen molar-refractivity contribution >= 4 is 61.6 Å². The average Bonchev–Trinajstić information content (AvgIpc) is 2.24. The summed E-state index contributed by atoms with van der Waals surface area (Å²) >= 11 is 0. The molecular weight excluding hydrogens is 364 g/mol. The Balaban J connectivity index is -0.0000000695. The Morgan fingerprint density at radius 2 is 0.800 bits per heavy atom. The molecule has 148 valence electrons. The number of nitrogens with two attached hydrogens (primary N) is 2. The normalized spacial score (nSPS) is 12.9. The van der Waals surface area contributed by atoms with Gasteiger partial charge < -0.3 is 31.9 Å². The second-order valence-electron chi connectivity index (χ2n) is 4.87. The minimum absolute atomic E-state index is 0. The van der Waals surface area contributed by atoms with Crippen LogP contribution in [0.2, 0.25) is 0 Å². The van der Waals surface area contributed by atoms with Crippen LogP contribution in [0.25, 0.3) is 0 Å². The molecule has 0 aliphatic heterocycles. The van der Waals surface area contributed by atoms with Crippen molar-refractivity contribution in [1.29, 1.82) is 0 Å². The Morgan fingerprint density at radius 3 is 0.880 bits per heavy atom. The third-order valence-corrected chi connectivity index (χ3v) is 1.78. The Kier molecular flexibility index (Phi) is 32.5. The van der Waals surface area contributed by atoms with Crippen LogP contribution >= 0.6 is 0 Å². The van der Waals surface area contributed by atoms with E-state index in [9.17, 15) is 0 Å². The molecule has 0 spiro atoms. The van der Waals surface area contributed by atoms with Gasteiger partial charge >= 0.3 is 37.7 Å². The van der Waals surface area contributed by atoms with E-state index in [1.165, 1.54) is 19.3 Å². The van der Waals surface area contributed by atoms with Crippen LogP contribution < -0.4 is 11.5 Å². The van der Waals surface area contributed by atoms with Crippen molar-refractivity contribution in [3.05, 3.63) is 0 Å². The molecule has 0 aromatic heterocycles. The van der Waals surface area contributed by atoms with E-state index in [1.54, 1.807) is 0 Å². The van der Waals surface area contributed by atoms with Gasteiger partial charge in [-0.3, -0.25) is 19.2 Å². The first-order valence-electron chi connectivity index (χ1n) is 7.00. The summed E-state index contributed by atoms with van der Waals surface area (Å²) in [4.78, 5) is 36.0. The molecule has 1 saturated carbocycles. The molecule has 0 aromatic rings. The second-order valence-corrected chi connectivity index (χ2v) is 4.87. The molecule has 0 saturated heterocycles.